The summed E-state index contributed by atoms with van der Waals surface area (Å²) in [5, 5.41) is 3.43. The maximum absolute atomic E-state index is 4.31. The summed E-state index contributed by atoms with van der Waals surface area (Å²) in [7, 11) is 0. The van der Waals surface area contributed by atoms with Crippen molar-refractivity contribution in [3.05, 3.63) is 24.0 Å². The minimum Gasteiger partial charge on any atom is -0.370 e. The molecule has 0 bridgehead atoms. The van der Waals surface area contributed by atoms with Gasteiger partial charge in [-0.1, -0.05) is 6.92 Å². The van der Waals surface area contributed by atoms with Gasteiger partial charge in [0.2, 0.25) is 0 Å². The van der Waals surface area contributed by atoms with Crippen LogP contribution in [0.1, 0.15) is 31.7 Å². The molecule has 1 unspecified atom stereocenters. The Labute approximate surface area is 122 Å². The molecule has 1 aromatic heterocycles. The highest BCUT2D eigenvalue weighted by Gasteiger charge is 2.29. The summed E-state index contributed by atoms with van der Waals surface area (Å²) < 4.78 is 0. The van der Waals surface area contributed by atoms with Crippen molar-refractivity contribution < 1.29 is 0 Å². The Morgan fingerprint density at radius 3 is 3.10 bits per heavy atom. The van der Waals surface area contributed by atoms with E-state index in [4.69, 9.17) is 0 Å². The molecule has 1 N–H and O–H groups in total. The van der Waals surface area contributed by atoms with Crippen LogP contribution in [-0.2, 0) is 6.54 Å². The molecule has 2 aliphatic heterocycles. The molecule has 20 heavy (non-hydrogen) atoms. The van der Waals surface area contributed by atoms with Gasteiger partial charge in [-0.25, -0.2) is 0 Å². The number of hydrogen-bond donors (Lipinski definition) is 1. The van der Waals surface area contributed by atoms with Crippen LogP contribution in [0.3, 0.4) is 0 Å². The average molecular weight is 274 g/mol. The summed E-state index contributed by atoms with van der Waals surface area (Å²) in [5.41, 5.74) is 2.72. The van der Waals surface area contributed by atoms with Crippen LogP contribution in [0.2, 0.25) is 0 Å². The molecule has 1 atom stereocenters. The van der Waals surface area contributed by atoms with Crippen LogP contribution < -0.4 is 10.2 Å². The highest BCUT2D eigenvalue weighted by atomic mass is 15.3. The second-order valence-corrected chi connectivity index (χ2v) is 5.92. The maximum atomic E-state index is 4.31. The van der Waals surface area contributed by atoms with Gasteiger partial charge >= 0.3 is 0 Å². The Bertz CT molecular complexity index is 434. The predicted molar refractivity (Wildman–Crippen MR) is 83.0 cm³/mol. The summed E-state index contributed by atoms with van der Waals surface area (Å²) in [6, 6.07) is 2.95. The Balaban J connectivity index is 1.77. The van der Waals surface area contributed by atoms with Crippen LogP contribution in [0.15, 0.2) is 18.5 Å². The normalized spacial score (nSPS) is 23.6. The van der Waals surface area contributed by atoms with Crippen LogP contribution >= 0.6 is 0 Å². The van der Waals surface area contributed by atoms with Gasteiger partial charge in [0.05, 0.1) is 0 Å². The van der Waals surface area contributed by atoms with Crippen molar-refractivity contribution in [2.45, 2.75) is 38.8 Å². The van der Waals surface area contributed by atoms with Gasteiger partial charge in [-0.2, -0.15) is 0 Å². The SMILES string of the molecule is CCNCc1cnccc1N1CCCN2CCCC2C1. The molecule has 4 nitrogen and oxygen atoms in total. The lowest BCUT2D eigenvalue weighted by molar-refractivity contribution is 0.273. The van der Waals surface area contributed by atoms with Gasteiger partial charge in [-0.05, 0) is 38.4 Å². The van der Waals surface area contributed by atoms with Gasteiger partial charge in [0.15, 0.2) is 0 Å². The van der Waals surface area contributed by atoms with Crippen molar-refractivity contribution in [1.82, 2.24) is 15.2 Å². The summed E-state index contributed by atoms with van der Waals surface area (Å²) in [6.45, 7) is 9.01. The second kappa shape index (κ2) is 6.55. The molecule has 3 heterocycles. The van der Waals surface area contributed by atoms with Crippen LogP contribution in [0.4, 0.5) is 5.69 Å². The molecule has 0 radical (unpaired) electrons. The Morgan fingerprint density at radius 2 is 2.20 bits per heavy atom. The Morgan fingerprint density at radius 1 is 1.30 bits per heavy atom. The minimum atomic E-state index is 0.762. The van der Waals surface area contributed by atoms with Crippen LogP contribution in [0.5, 0.6) is 0 Å². The number of fused-ring (bicyclic) bond motifs is 1. The third-order valence-corrected chi connectivity index (χ3v) is 4.59. The van der Waals surface area contributed by atoms with E-state index in [1.807, 2.05) is 12.4 Å². The predicted octanol–water partition coefficient (Wildman–Crippen LogP) is 1.87. The van der Waals surface area contributed by atoms with E-state index in [0.717, 1.165) is 19.1 Å². The fraction of sp³-hybridized carbons (Fsp3) is 0.688. The molecular formula is C16H26N4. The number of aromatic nitrogens is 1. The number of nitrogens with one attached hydrogen (secondary N) is 1. The molecule has 0 aromatic carbocycles. The lowest BCUT2D eigenvalue weighted by atomic mass is 10.1. The van der Waals surface area contributed by atoms with Crippen LogP contribution in [0.25, 0.3) is 0 Å². The number of pyridine rings is 1. The quantitative estimate of drug-likeness (QED) is 0.908. The van der Waals surface area contributed by atoms with Crippen molar-refractivity contribution in [3.63, 3.8) is 0 Å². The van der Waals surface area contributed by atoms with Crippen molar-refractivity contribution in [2.75, 3.05) is 37.6 Å². The van der Waals surface area contributed by atoms with Gasteiger partial charge < -0.3 is 10.2 Å². The molecule has 4 heteroatoms. The summed E-state index contributed by atoms with van der Waals surface area (Å²) in [6.07, 6.45) is 7.97. The topological polar surface area (TPSA) is 31.4 Å². The number of anilines is 1. The molecule has 0 spiro atoms. The van der Waals surface area contributed by atoms with E-state index >= 15 is 0 Å². The smallest absolute Gasteiger partial charge is 0.0443 e. The monoisotopic (exact) mass is 274 g/mol. The molecule has 0 amide bonds. The fourth-order valence-electron chi connectivity index (χ4n) is 3.55. The van der Waals surface area contributed by atoms with E-state index < -0.39 is 0 Å². The molecule has 0 saturated carbocycles. The van der Waals surface area contributed by atoms with E-state index in [9.17, 15) is 0 Å². The first kappa shape index (κ1) is 13.8. The van der Waals surface area contributed by atoms with Crippen molar-refractivity contribution >= 4 is 5.69 Å². The van der Waals surface area contributed by atoms with Crippen molar-refractivity contribution in [3.8, 4) is 0 Å². The zero-order valence-electron chi connectivity index (χ0n) is 12.5. The van der Waals surface area contributed by atoms with Crippen LogP contribution in [-0.4, -0.2) is 48.6 Å². The van der Waals surface area contributed by atoms with E-state index in [1.165, 1.54) is 56.7 Å². The lowest BCUT2D eigenvalue weighted by Gasteiger charge is -2.29. The first-order valence-corrected chi connectivity index (χ1v) is 8.01. The summed E-state index contributed by atoms with van der Waals surface area (Å²) >= 11 is 0. The molecule has 3 rings (SSSR count). The summed E-state index contributed by atoms with van der Waals surface area (Å²) in [5.74, 6) is 0. The maximum Gasteiger partial charge on any atom is 0.0443 e. The van der Waals surface area contributed by atoms with Gasteiger partial charge in [0.25, 0.3) is 0 Å². The first-order chi connectivity index (χ1) is 9.88. The lowest BCUT2D eigenvalue weighted by Crippen LogP contribution is -2.37. The van der Waals surface area contributed by atoms with Gasteiger partial charge in [0.1, 0.15) is 0 Å². The number of nitrogens with zero attached hydrogens (tertiary/aromatic N) is 3. The molecule has 2 aliphatic rings. The standard InChI is InChI=1S/C16H26N4/c1-2-17-11-14-12-18-7-6-16(14)20-10-4-9-19-8-3-5-15(19)13-20/h6-7,12,15,17H,2-5,8-11,13H2,1H3. The molecule has 0 aliphatic carbocycles. The van der Waals surface area contributed by atoms with Crippen molar-refractivity contribution in [2.24, 2.45) is 0 Å². The number of hydrogen-bond acceptors (Lipinski definition) is 4. The molecule has 110 valence electrons. The number of rotatable bonds is 4. The van der Waals surface area contributed by atoms with Gasteiger partial charge in [-0.3, -0.25) is 9.88 Å². The minimum absolute atomic E-state index is 0.762. The van der Waals surface area contributed by atoms with E-state index in [1.54, 1.807) is 0 Å². The highest BCUT2D eigenvalue weighted by molar-refractivity contribution is 5.52. The molecule has 2 fully saturated rings. The average Bonchev–Trinajstić information content (AvgIpc) is 2.82. The largest absolute Gasteiger partial charge is 0.370 e. The fourth-order valence-corrected chi connectivity index (χ4v) is 3.55. The zero-order chi connectivity index (χ0) is 13.8. The highest BCUT2D eigenvalue weighted by Crippen LogP contribution is 2.26. The summed E-state index contributed by atoms with van der Waals surface area (Å²) in [4.78, 5) is 9.58. The molecule has 2 saturated heterocycles. The Hall–Kier alpha value is -1.13. The van der Waals surface area contributed by atoms with Crippen molar-refractivity contribution in [1.29, 1.82) is 0 Å². The van der Waals surface area contributed by atoms with Gasteiger partial charge in [0, 0.05) is 55.9 Å². The van der Waals surface area contributed by atoms with E-state index in [-0.39, 0.29) is 0 Å². The molecule has 1 aromatic rings. The second-order valence-electron chi connectivity index (χ2n) is 5.92. The van der Waals surface area contributed by atoms with E-state index in [0.29, 0.717) is 0 Å². The first-order valence-electron chi connectivity index (χ1n) is 8.01. The van der Waals surface area contributed by atoms with E-state index in [2.05, 4.69) is 33.1 Å². The Kier molecular flexibility index (Phi) is 4.53. The zero-order valence-corrected chi connectivity index (χ0v) is 12.5. The third kappa shape index (κ3) is 2.96. The third-order valence-electron chi connectivity index (χ3n) is 4.59. The van der Waals surface area contributed by atoms with Crippen LogP contribution in [0, 0.1) is 0 Å². The van der Waals surface area contributed by atoms with Gasteiger partial charge in [-0.15, -0.1) is 0 Å². The molecular weight excluding hydrogens is 248 g/mol.